The van der Waals surface area contributed by atoms with Gasteiger partial charge in [-0.25, -0.2) is 9.78 Å². The number of carbonyl (C=O) groups excluding carboxylic acids is 2. The number of esters is 2. The van der Waals surface area contributed by atoms with E-state index in [1.807, 2.05) is 0 Å². The molecule has 26 heavy (non-hydrogen) atoms. The van der Waals surface area contributed by atoms with E-state index in [1.54, 1.807) is 34.6 Å². The molecule has 0 aliphatic heterocycles. The third-order valence-electron chi connectivity index (χ3n) is 2.91. The first-order valence-corrected chi connectivity index (χ1v) is 11.6. The molecule has 0 bridgehead atoms. The third kappa shape index (κ3) is 6.28. The lowest BCUT2D eigenvalue weighted by atomic mass is 10.1. The van der Waals surface area contributed by atoms with Crippen molar-refractivity contribution in [3.8, 4) is 5.19 Å². The fraction of sp³-hybridized carbons (Fsp3) is 0.667. The number of aromatic nitrogens is 1. The highest BCUT2D eigenvalue weighted by molar-refractivity contribution is 8.07. The minimum Gasteiger partial charge on any atom is -0.465 e. The molecule has 0 saturated carbocycles. The molecule has 1 aromatic heterocycles. The molecule has 148 valence electrons. The first kappa shape index (κ1) is 23.0. The second kappa shape index (κ2) is 10.9. The van der Waals surface area contributed by atoms with Crippen molar-refractivity contribution in [1.82, 2.24) is 4.98 Å². The van der Waals surface area contributed by atoms with Gasteiger partial charge in [0, 0.05) is 11.8 Å². The normalized spacial score (nSPS) is 12.5. The van der Waals surface area contributed by atoms with Crippen molar-refractivity contribution in [2.45, 2.75) is 40.5 Å². The first-order valence-electron chi connectivity index (χ1n) is 8.24. The number of rotatable bonds is 11. The molecule has 1 unspecified atom stereocenters. The fourth-order valence-electron chi connectivity index (χ4n) is 1.87. The highest BCUT2D eigenvalue weighted by Gasteiger charge is 2.31. The average molecular weight is 425 g/mol. The van der Waals surface area contributed by atoms with Crippen LogP contribution < -0.4 is 4.52 Å². The van der Waals surface area contributed by atoms with Crippen molar-refractivity contribution in [2.75, 3.05) is 26.4 Å². The van der Waals surface area contributed by atoms with Gasteiger partial charge in [0.1, 0.15) is 4.88 Å². The molecule has 1 heterocycles. The van der Waals surface area contributed by atoms with Crippen LogP contribution in [-0.4, -0.2) is 43.4 Å². The van der Waals surface area contributed by atoms with Crippen molar-refractivity contribution in [3.63, 3.8) is 0 Å². The summed E-state index contributed by atoms with van der Waals surface area (Å²) in [6, 6.07) is 0. The zero-order valence-corrected chi connectivity index (χ0v) is 18.0. The Morgan fingerprint density at radius 3 is 2.15 bits per heavy atom. The van der Waals surface area contributed by atoms with Gasteiger partial charge < -0.3 is 14.0 Å². The molecule has 1 atom stereocenters. The molecule has 1 rings (SSSR count). The Morgan fingerprint density at radius 1 is 1.08 bits per heavy atom. The highest BCUT2D eigenvalue weighted by atomic mass is 32.5. The first-order chi connectivity index (χ1) is 12.3. The van der Waals surface area contributed by atoms with Crippen LogP contribution in [0.1, 0.15) is 55.9 Å². The summed E-state index contributed by atoms with van der Waals surface area (Å²) < 4.78 is 26.5. The van der Waals surface area contributed by atoms with Crippen LogP contribution in [0, 0.1) is 0 Å². The van der Waals surface area contributed by atoms with Crippen LogP contribution in [0.4, 0.5) is 0 Å². The van der Waals surface area contributed by atoms with Crippen molar-refractivity contribution >= 4 is 41.8 Å². The molecule has 0 spiro atoms. The van der Waals surface area contributed by atoms with Crippen LogP contribution in [0.15, 0.2) is 0 Å². The van der Waals surface area contributed by atoms with Crippen LogP contribution in [0.2, 0.25) is 0 Å². The van der Waals surface area contributed by atoms with Gasteiger partial charge in [-0.3, -0.25) is 13.8 Å². The standard InChI is InChI=1S/C15H24NO7PS2/c1-6-19-13(17)10(5)11-12(14(18)20-7-2)26-15(16-11)23-24(25,21-8-3)22-9-4/h10H,6-9H2,1-5H3. The van der Waals surface area contributed by atoms with Gasteiger partial charge in [-0.2, -0.15) is 0 Å². The molecular weight excluding hydrogens is 401 g/mol. The maximum Gasteiger partial charge on any atom is 0.382 e. The van der Waals surface area contributed by atoms with Gasteiger partial charge in [-0.1, -0.05) is 11.3 Å². The lowest BCUT2D eigenvalue weighted by molar-refractivity contribution is -0.144. The van der Waals surface area contributed by atoms with E-state index in [-0.39, 0.29) is 29.0 Å². The molecule has 0 radical (unpaired) electrons. The largest absolute Gasteiger partial charge is 0.465 e. The summed E-state index contributed by atoms with van der Waals surface area (Å²) in [7, 11) is 0. The predicted octanol–water partition coefficient (Wildman–Crippen LogP) is 3.66. The summed E-state index contributed by atoms with van der Waals surface area (Å²) in [5, 5.41) is 0.0874. The molecule has 0 aromatic carbocycles. The summed E-state index contributed by atoms with van der Waals surface area (Å²) in [6.45, 7) is 6.50. The zero-order chi connectivity index (χ0) is 19.7. The number of nitrogens with zero attached hydrogens (tertiary/aromatic N) is 1. The monoisotopic (exact) mass is 425 g/mol. The van der Waals surface area contributed by atoms with Crippen LogP contribution in [-0.2, 0) is 35.1 Å². The predicted molar refractivity (Wildman–Crippen MR) is 101 cm³/mol. The Labute approximate surface area is 162 Å². The van der Waals surface area contributed by atoms with Gasteiger partial charge in [0.15, 0.2) is 0 Å². The van der Waals surface area contributed by atoms with Gasteiger partial charge in [-0.15, -0.1) is 0 Å². The van der Waals surface area contributed by atoms with Crippen molar-refractivity contribution in [3.05, 3.63) is 10.6 Å². The van der Waals surface area contributed by atoms with E-state index in [0.29, 0.717) is 13.2 Å². The molecule has 0 amide bonds. The van der Waals surface area contributed by atoms with Crippen molar-refractivity contribution in [2.24, 2.45) is 0 Å². The van der Waals surface area contributed by atoms with E-state index < -0.39 is 24.6 Å². The summed E-state index contributed by atoms with van der Waals surface area (Å²) >= 11 is 6.25. The van der Waals surface area contributed by atoms with Gasteiger partial charge in [0.25, 0.3) is 5.19 Å². The molecule has 8 nitrogen and oxygen atoms in total. The minimum absolute atomic E-state index is 0.0874. The molecule has 0 fully saturated rings. The topological polar surface area (TPSA) is 93.2 Å². The molecule has 1 aromatic rings. The smallest absolute Gasteiger partial charge is 0.382 e. The lowest BCUT2D eigenvalue weighted by Crippen LogP contribution is -2.16. The van der Waals surface area contributed by atoms with Gasteiger partial charge in [-0.05, 0) is 34.6 Å². The summed E-state index contributed by atoms with van der Waals surface area (Å²) in [5.41, 5.74) is 0.219. The molecule has 0 saturated heterocycles. The Hall–Kier alpha value is -1.06. The fourth-order valence-corrected chi connectivity index (χ4v) is 5.13. The second-order valence-corrected chi connectivity index (χ2v) is 8.66. The number of thiazole rings is 1. The van der Waals surface area contributed by atoms with Gasteiger partial charge in [0.05, 0.1) is 38.0 Å². The van der Waals surface area contributed by atoms with E-state index in [0.717, 1.165) is 11.3 Å². The minimum atomic E-state index is -3.05. The lowest BCUT2D eigenvalue weighted by Gasteiger charge is -2.19. The van der Waals surface area contributed by atoms with E-state index in [1.165, 1.54) is 0 Å². The Kier molecular flexibility index (Phi) is 9.67. The summed E-state index contributed by atoms with van der Waals surface area (Å²) in [5.74, 6) is -1.85. The van der Waals surface area contributed by atoms with Crippen LogP contribution >= 0.6 is 18.1 Å². The van der Waals surface area contributed by atoms with Gasteiger partial charge >= 0.3 is 18.7 Å². The zero-order valence-electron chi connectivity index (χ0n) is 15.5. The summed E-state index contributed by atoms with van der Waals surface area (Å²) in [6.07, 6.45) is 0. The van der Waals surface area contributed by atoms with Crippen molar-refractivity contribution < 1.29 is 32.6 Å². The molecule has 0 aliphatic rings. The van der Waals surface area contributed by atoms with E-state index >= 15 is 0 Å². The van der Waals surface area contributed by atoms with Crippen molar-refractivity contribution in [1.29, 1.82) is 0 Å². The summed E-state index contributed by atoms with van der Waals surface area (Å²) in [4.78, 5) is 28.7. The number of hydrogen-bond donors (Lipinski definition) is 0. The third-order valence-corrected chi connectivity index (χ3v) is 6.36. The van der Waals surface area contributed by atoms with E-state index in [2.05, 4.69) is 4.98 Å². The van der Waals surface area contributed by atoms with E-state index in [9.17, 15) is 9.59 Å². The average Bonchev–Trinajstić information content (AvgIpc) is 2.98. The van der Waals surface area contributed by atoms with Gasteiger partial charge in [0.2, 0.25) is 0 Å². The SMILES string of the molecule is CCOC(=O)c1sc(OP(=S)(OCC)OCC)nc1C(C)C(=O)OCC. The molecular formula is C15H24NO7PS2. The highest BCUT2D eigenvalue weighted by Crippen LogP contribution is 2.51. The van der Waals surface area contributed by atoms with E-state index in [4.69, 9.17) is 34.9 Å². The Balaban J connectivity index is 3.22. The molecule has 11 heteroatoms. The number of hydrogen-bond acceptors (Lipinski definition) is 10. The van der Waals surface area contributed by atoms with Crippen LogP contribution in [0.3, 0.4) is 0 Å². The maximum absolute atomic E-state index is 12.2. The second-order valence-electron chi connectivity index (χ2n) is 4.76. The molecule has 0 aliphatic carbocycles. The van der Waals surface area contributed by atoms with Crippen LogP contribution in [0.5, 0.6) is 5.19 Å². The van der Waals surface area contributed by atoms with Crippen LogP contribution in [0.25, 0.3) is 0 Å². The number of ether oxygens (including phenoxy) is 2. The Bertz CT molecular complexity index is 654. The Morgan fingerprint density at radius 2 is 1.65 bits per heavy atom. The number of carbonyl (C=O) groups is 2. The molecule has 0 N–H and O–H groups in total. The maximum atomic E-state index is 12.2. The quantitative estimate of drug-likeness (QED) is 0.389.